The SMILES string of the molecule is C=C/C=C(F)\C(=C(/C)F)c1cn2ncc(C(=O)OC)c2nc1-c1ccc(C=O)cc1. The van der Waals surface area contributed by atoms with Crippen LogP contribution in [0.1, 0.15) is 33.2 Å². The zero-order valence-electron chi connectivity index (χ0n) is 16.2. The molecule has 0 unspecified atom stereocenters. The first kappa shape index (κ1) is 20.8. The lowest BCUT2D eigenvalue weighted by molar-refractivity contribution is 0.0602. The fraction of sp³-hybridized carbons (Fsp3) is 0.0909. The lowest BCUT2D eigenvalue weighted by Crippen LogP contribution is -2.05. The van der Waals surface area contributed by atoms with Crippen LogP contribution in [0.15, 0.2) is 67.0 Å². The summed E-state index contributed by atoms with van der Waals surface area (Å²) in [7, 11) is 1.22. The number of ether oxygens (including phenoxy) is 1. The zero-order valence-corrected chi connectivity index (χ0v) is 16.2. The first-order valence-electron chi connectivity index (χ1n) is 8.79. The topological polar surface area (TPSA) is 73.6 Å². The van der Waals surface area contributed by atoms with Crippen LogP contribution in [-0.4, -0.2) is 34.0 Å². The number of aromatic nitrogens is 3. The molecule has 0 saturated heterocycles. The van der Waals surface area contributed by atoms with Gasteiger partial charge in [-0.05, 0) is 13.0 Å². The first-order valence-corrected chi connectivity index (χ1v) is 8.79. The molecule has 0 radical (unpaired) electrons. The van der Waals surface area contributed by atoms with Gasteiger partial charge in [0.05, 0.1) is 24.6 Å². The molecule has 0 aliphatic carbocycles. The van der Waals surface area contributed by atoms with Gasteiger partial charge >= 0.3 is 5.97 Å². The van der Waals surface area contributed by atoms with Crippen molar-refractivity contribution >= 4 is 23.5 Å². The fourth-order valence-electron chi connectivity index (χ4n) is 2.95. The highest BCUT2D eigenvalue weighted by molar-refractivity contribution is 5.96. The van der Waals surface area contributed by atoms with Crippen molar-refractivity contribution in [2.45, 2.75) is 6.92 Å². The van der Waals surface area contributed by atoms with Crippen LogP contribution in [0.5, 0.6) is 0 Å². The monoisotopic (exact) mass is 409 g/mol. The standard InChI is InChI=1S/C22H17F2N3O3/c1-4-5-18(24)19(13(2)23)17-11-27-21(16(10-25-27)22(29)30-3)26-20(17)15-8-6-14(12-28)7-9-15/h4-12H,1H2,2-3H3/b18-5+,19-13+. The molecule has 0 amide bonds. The van der Waals surface area contributed by atoms with Crippen LogP contribution in [0.25, 0.3) is 22.5 Å². The van der Waals surface area contributed by atoms with E-state index in [9.17, 15) is 18.4 Å². The van der Waals surface area contributed by atoms with Crippen molar-refractivity contribution in [1.29, 1.82) is 0 Å². The summed E-state index contributed by atoms with van der Waals surface area (Å²) < 4.78 is 35.1. The Morgan fingerprint density at radius 2 is 1.90 bits per heavy atom. The number of aldehydes is 1. The van der Waals surface area contributed by atoms with Crippen LogP contribution in [-0.2, 0) is 4.74 Å². The molecule has 30 heavy (non-hydrogen) atoms. The molecule has 2 aromatic heterocycles. The maximum Gasteiger partial charge on any atom is 0.343 e. The second-order valence-electron chi connectivity index (χ2n) is 6.22. The van der Waals surface area contributed by atoms with Crippen LogP contribution in [0.3, 0.4) is 0 Å². The number of halogens is 2. The predicted molar refractivity (Wildman–Crippen MR) is 108 cm³/mol. The molecule has 0 atom stereocenters. The van der Waals surface area contributed by atoms with E-state index in [2.05, 4.69) is 16.7 Å². The Labute approximate surface area is 170 Å². The van der Waals surface area contributed by atoms with E-state index in [1.54, 1.807) is 24.3 Å². The average molecular weight is 409 g/mol. The van der Waals surface area contributed by atoms with E-state index in [4.69, 9.17) is 4.74 Å². The summed E-state index contributed by atoms with van der Waals surface area (Å²) in [5.41, 5.74) is 1.15. The van der Waals surface area contributed by atoms with Gasteiger partial charge in [-0.1, -0.05) is 36.9 Å². The van der Waals surface area contributed by atoms with Crippen LogP contribution >= 0.6 is 0 Å². The molecule has 1 aromatic carbocycles. The number of esters is 1. The predicted octanol–water partition coefficient (Wildman–Crippen LogP) is 4.74. The van der Waals surface area contributed by atoms with Crippen molar-refractivity contribution in [3.63, 3.8) is 0 Å². The molecule has 152 valence electrons. The Hall–Kier alpha value is -3.94. The third-order valence-corrected chi connectivity index (χ3v) is 4.34. The Kier molecular flexibility index (Phi) is 5.96. The largest absolute Gasteiger partial charge is 0.465 e. The van der Waals surface area contributed by atoms with Crippen LogP contribution < -0.4 is 0 Å². The summed E-state index contributed by atoms with van der Waals surface area (Å²) in [4.78, 5) is 27.5. The molecule has 6 nitrogen and oxygen atoms in total. The van der Waals surface area contributed by atoms with Gasteiger partial charge < -0.3 is 4.74 Å². The minimum absolute atomic E-state index is 0.0967. The Morgan fingerprint density at radius 3 is 2.47 bits per heavy atom. The Morgan fingerprint density at radius 1 is 1.20 bits per heavy atom. The summed E-state index contributed by atoms with van der Waals surface area (Å²) >= 11 is 0. The number of hydrogen-bond acceptors (Lipinski definition) is 5. The van der Waals surface area contributed by atoms with Crippen molar-refractivity contribution in [2.24, 2.45) is 0 Å². The molecular formula is C22H17F2N3O3. The molecule has 3 aromatic rings. The van der Waals surface area contributed by atoms with E-state index in [-0.39, 0.29) is 28.0 Å². The molecule has 0 saturated carbocycles. The smallest absolute Gasteiger partial charge is 0.343 e. The highest BCUT2D eigenvalue weighted by Crippen LogP contribution is 2.35. The molecule has 2 heterocycles. The van der Waals surface area contributed by atoms with Gasteiger partial charge in [0.15, 0.2) is 5.65 Å². The summed E-state index contributed by atoms with van der Waals surface area (Å²) in [5.74, 6) is -2.28. The molecule has 0 aliphatic rings. The van der Waals surface area contributed by atoms with Gasteiger partial charge in [-0.3, -0.25) is 4.79 Å². The molecule has 0 fully saturated rings. The van der Waals surface area contributed by atoms with Gasteiger partial charge in [0.25, 0.3) is 0 Å². The molecule has 0 N–H and O–H groups in total. The molecule has 0 aliphatic heterocycles. The number of methoxy groups -OCH3 is 1. The fourth-order valence-corrected chi connectivity index (χ4v) is 2.95. The van der Waals surface area contributed by atoms with E-state index in [1.165, 1.54) is 30.1 Å². The average Bonchev–Trinajstić information content (AvgIpc) is 3.15. The highest BCUT2D eigenvalue weighted by atomic mass is 19.1. The highest BCUT2D eigenvalue weighted by Gasteiger charge is 2.22. The van der Waals surface area contributed by atoms with Crippen LogP contribution in [0.2, 0.25) is 0 Å². The lowest BCUT2D eigenvalue weighted by atomic mass is 9.98. The Bertz CT molecular complexity index is 1200. The van der Waals surface area contributed by atoms with Gasteiger partial charge in [0.2, 0.25) is 0 Å². The maximum absolute atomic E-state index is 14.7. The van der Waals surface area contributed by atoms with Gasteiger partial charge in [0, 0.05) is 22.9 Å². The molecule has 0 bridgehead atoms. The zero-order chi connectivity index (χ0) is 21.8. The van der Waals surface area contributed by atoms with Gasteiger partial charge in [-0.25, -0.2) is 23.1 Å². The number of fused-ring (bicyclic) bond motifs is 1. The maximum atomic E-state index is 14.7. The summed E-state index contributed by atoms with van der Waals surface area (Å²) in [6, 6.07) is 6.30. The van der Waals surface area contributed by atoms with Crippen molar-refractivity contribution in [3.8, 4) is 11.3 Å². The molecule has 3 rings (SSSR count). The number of hydrogen-bond donors (Lipinski definition) is 0. The molecular weight excluding hydrogens is 392 g/mol. The normalized spacial score (nSPS) is 12.5. The van der Waals surface area contributed by atoms with Crippen molar-refractivity contribution in [3.05, 3.63) is 83.7 Å². The van der Waals surface area contributed by atoms with Crippen LogP contribution in [0.4, 0.5) is 8.78 Å². The summed E-state index contributed by atoms with van der Waals surface area (Å²) in [6.45, 7) is 4.56. The lowest BCUT2D eigenvalue weighted by Gasteiger charge is -2.13. The number of carbonyl (C=O) groups excluding carboxylic acids is 2. The Balaban J connectivity index is 2.38. The minimum atomic E-state index is -0.850. The van der Waals surface area contributed by atoms with Crippen molar-refractivity contribution in [1.82, 2.24) is 14.6 Å². The number of rotatable bonds is 6. The quantitative estimate of drug-likeness (QED) is 0.334. The number of nitrogens with zero attached hydrogens (tertiary/aromatic N) is 3. The number of carbonyl (C=O) groups is 2. The minimum Gasteiger partial charge on any atom is -0.465 e. The van der Waals surface area contributed by atoms with Gasteiger partial charge in [-0.2, -0.15) is 5.10 Å². The first-order chi connectivity index (χ1) is 14.4. The third kappa shape index (κ3) is 3.80. The van der Waals surface area contributed by atoms with E-state index >= 15 is 0 Å². The van der Waals surface area contributed by atoms with E-state index in [0.29, 0.717) is 17.4 Å². The van der Waals surface area contributed by atoms with Crippen molar-refractivity contribution < 1.29 is 23.1 Å². The summed E-state index contributed by atoms with van der Waals surface area (Å²) in [5, 5.41) is 4.06. The number of benzene rings is 1. The molecule has 8 heteroatoms. The van der Waals surface area contributed by atoms with Gasteiger partial charge in [0.1, 0.15) is 23.5 Å². The molecule has 0 spiro atoms. The van der Waals surface area contributed by atoms with Crippen molar-refractivity contribution in [2.75, 3.05) is 7.11 Å². The number of allylic oxidation sites excluding steroid dienone is 5. The van der Waals surface area contributed by atoms with Gasteiger partial charge in [-0.15, -0.1) is 0 Å². The second-order valence-corrected chi connectivity index (χ2v) is 6.22. The van der Waals surface area contributed by atoms with Crippen LogP contribution in [0, 0.1) is 0 Å². The second kappa shape index (κ2) is 8.60. The summed E-state index contributed by atoms with van der Waals surface area (Å²) in [6.07, 6.45) is 5.56. The third-order valence-electron chi connectivity index (χ3n) is 4.34. The van der Waals surface area contributed by atoms with E-state index in [0.717, 1.165) is 13.0 Å². The van der Waals surface area contributed by atoms with E-state index < -0.39 is 17.6 Å². The van der Waals surface area contributed by atoms with E-state index in [1.807, 2.05) is 0 Å².